The smallest absolute Gasteiger partial charge is 0.326 e. The van der Waals surface area contributed by atoms with Crippen molar-refractivity contribution >= 4 is 23.1 Å². The number of urea groups is 1. The molecule has 2 N–H and O–H groups in total. The molecule has 0 fully saturated rings. The number of nitrogens with zero attached hydrogens (tertiary/aromatic N) is 1. The fourth-order valence-electron chi connectivity index (χ4n) is 2.56. The van der Waals surface area contributed by atoms with E-state index in [1.54, 1.807) is 4.90 Å². The van der Waals surface area contributed by atoms with Crippen LogP contribution in [-0.4, -0.2) is 19.1 Å². The van der Waals surface area contributed by atoms with Gasteiger partial charge in [-0.25, -0.2) is 4.79 Å². The molecule has 0 aromatic heterocycles. The molecule has 21 heavy (non-hydrogen) atoms. The Morgan fingerprint density at radius 1 is 1.19 bits per heavy atom. The van der Waals surface area contributed by atoms with Crippen molar-refractivity contribution in [1.82, 2.24) is 0 Å². The first-order valence-electron chi connectivity index (χ1n) is 7.22. The van der Waals surface area contributed by atoms with Gasteiger partial charge >= 0.3 is 6.03 Å². The lowest BCUT2D eigenvalue weighted by Crippen LogP contribution is -2.35. The minimum Gasteiger partial charge on any atom is -0.383 e. The molecule has 4 nitrogen and oxygen atoms in total. The summed E-state index contributed by atoms with van der Waals surface area (Å²) in [7, 11) is 0. The van der Waals surface area contributed by atoms with Gasteiger partial charge in [-0.2, -0.15) is 0 Å². The zero-order chi connectivity index (χ0) is 14.7. The molecule has 2 amide bonds. The minimum absolute atomic E-state index is 0.0863. The molecule has 2 aromatic rings. The van der Waals surface area contributed by atoms with Crippen LogP contribution in [0.4, 0.5) is 21.9 Å². The standard InChI is InChI=1S/C17H19N3O/c1-13-6-4-7-14(12-13)19-17(21)20-11-5-10-18-15-8-2-3-9-16(15)20/h2-4,6-9,12,18H,5,10-11H2,1H3,(H,19,21). The summed E-state index contributed by atoms with van der Waals surface area (Å²) in [5.74, 6) is 0. The van der Waals surface area contributed by atoms with E-state index in [2.05, 4.69) is 10.6 Å². The van der Waals surface area contributed by atoms with Crippen LogP contribution in [0.25, 0.3) is 0 Å². The molecule has 0 bridgehead atoms. The molecule has 0 radical (unpaired) electrons. The molecule has 1 heterocycles. The van der Waals surface area contributed by atoms with Crippen molar-refractivity contribution in [3.63, 3.8) is 0 Å². The Balaban J connectivity index is 1.84. The predicted molar refractivity (Wildman–Crippen MR) is 87.1 cm³/mol. The number of nitrogens with one attached hydrogen (secondary N) is 2. The average Bonchev–Trinajstić information content (AvgIpc) is 2.69. The predicted octanol–water partition coefficient (Wildman–Crippen LogP) is 3.85. The van der Waals surface area contributed by atoms with Gasteiger partial charge in [0.25, 0.3) is 0 Å². The maximum absolute atomic E-state index is 12.6. The van der Waals surface area contributed by atoms with Crippen LogP contribution in [0.3, 0.4) is 0 Å². The normalized spacial score (nSPS) is 13.9. The first-order chi connectivity index (χ1) is 10.2. The quantitative estimate of drug-likeness (QED) is 0.834. The summed E-state index contributed by atoms with van der Waals surface area (Å²) in [6.45, 7) is 3.60. The van der Waals surface area contributed by atoms with Crippen LogP contribution in [0.15, 0.2) is 48.5 Å². The molecule has 108 valence electrons. The highest BCUT2D eigenvalue weighted by Crippen LogP contribution is 2.28. The Labute approximate surface area is 124 Å². The number of hydrogen-bond acceptors (Lipinski definition) is 2. The maximum Gasteiger partial charge on any atom is 0.326 e. The molecule has 1 aliphatic rings. The van der Waals surface area contributed by atoms with E-state index in [0.717, 1.165) is 35.6 Å². The van der Waals surface area contributed by atoms with E-state index in [1.807, 2.05) is 55.5 Å². The van der Waals surface area contributed by atoms with Gasteiger partial charge in [0.2, 0.25) is 0 Å². The lowest BCUT2D eigenvalue weighted by molar-refractivity contribution is 0.257. The first-order valence-corrected chi connectivity index (χ1v) is 7.22. The highest BCUT2D eigenvalue weighted by atomic mass is 16.2. The van der Waals surface area contributed by atoms with Crippen molar-refractivity contribution in [3.8, 4) is 0 Å². The second-order valence-corrected chi connectivity index (χ2v) is 5.25. The number of amides is 2. The molecule has 2 aromatic carbocycles. The summed E-state index contributed by atoms with van der Waals surface area (Å²) in [4.78, 5) is 14.4. The van der Waals surface area contributed by atoms with E-state index >= 15 is 0 Å². The molecule has 0 aliphatic carbocycles. The van der Waals surface area contributed by atoms with Gasteiger partial charge in [0.15, 0.2) is 0 Å². The average molecular weight is 281 g/mol. The number of hydrogen-bond donors (Lipinski definition) is 2. The lowest BCUT2D eigenvalue weighted by Gasteiger charge is -2.22. The van der Waals surface area contributed by atoms with Gasteiger partial charge in [0.1, 0.15) is 0 Å². The van der Waals surface area contributed by atoms with Gasteiger partial charge < -0.3 is 10.6 Å². The molecule has 0 spiro atoms. The van der Waals surface area contributed by atoms with Crippen LogP contribution in [0, 0.1) is 6.92 Å². The number of carbonyl (C=O) groups excluding carboxylic acids is 1. The number of rotatable bonds is 1. The summed E-state index contributed by atoms with van der Waals surface area (Å²) in [5.41, 5.74) is 3.90. The second kappa shape index (κ2) is 5.87. The molecular weight excluding hydrogens is 262 g/mol. The van der Waals surface area contributed by atoms with Crippen LogP contribution in [0.5, 0.6) is 0 Å². The minimum atomic E-state index is -0.0863. The maximum atomic E-state index is 12.6. The highest BCUT2D eigenvalue weighted by Gasteiger charge is 2.20. The molecule has 1 aliphatic heterocycles. The zero-order valence-corrected chi connectivity index (χ0v) is 12.1. The lowest BCUT2D eigenvalue weighted by atomic mass is 10.2. The van der Waals surface area contributed by atoms with Crippen LogP contribution in [0.2, 0.25) is 0 Å². The van der Waals surface area contributed by atoms with Gasteiger partial charge in [-0.05, 0) is 43.2 Å². The van der Waals surface area contributed by atoms with Gasteiger partial charge in [-0.15, -0.1) is 0 Å². The van der Waals surface area contributed by atoms with Crippen molar-refractivity contribution in [2.24, 2.45) is 0 Å². The van der Waals surface area contributed by atoms with Gasteiger partial charge in [0, 0.05) is 18.8 Å². The third-order valence-corrected chi connectivity index (χ3v) is 3.58. The molecule has 4 heteroatoms. The molecule has 3 rings (SSSR count). The third-order valence-electron chi connectivity index (χ3n) is 3.58. The van der Waals surface area contributed by atoms with Crippen molar-refractivity contribution in [2.75, 3.05) is 28.6 Å². The van der Waals surface area contributed by atoms with Gasteiger partial charge in [-0.1, -0.05) is 24.3 Å². The Hall–Kier alpha value is -2.49. The molecule has 0 atom stereocenters. The molecule has 0 saturated carbocycles. The second-order valence-electron chi connectivity index (χ2n) is 5.25. The molecule has 0 unspecified atom stereocenters. The van der Waals surface area contributed by atoms with E-state index < -0.39 is 0 Å². The Morgan fingerprint density at radius 2 is 2.05 bits per heavy atom. The number of anilines is 3. The first kappa shape index (κ1) is 13.5. The number of para-hydroxylation sites is 2. The fraction of sp³-hybridized carbons (Fsp3) is 0.235. The highest BCUT2D eigenvalue weighted by molar-refractivity contribution is 6.03. The summed E-state index contributed by atoms with van der Waals surface area (Å²) >= 11 is 0. The molecule has 0 saturated heterocycles. The number of benzene rings is 2. The van der Waals surface area contributed by atoms with E-state index in [-0.39, 0.29) is 6.03 Å². The number of fused-ring (bicyclic) bond motifs is 1. The van der Waals surface area contributed by atoms with E-state index in [0.29, 0.717) is 6.54 Å². The summed E-state index contributed by atoms with van der Waals surface area (Å²) < 4.78 is 0. The zero-order valence-electron chi connectivity index (χ0n) is 12.1. The van der Waals surface area contributed by atoms with Crippen LogP contribution < -0.4 is 15.5 Å². The van der Waals surface area contributed by atoms with E-state index in [4.69, 9.17) is 0 Å². The van der Waals surface area contributed by atoms with Crippen molar-refractivity contribution in [2.45, 2.75) is 13.3 Å². The monoisotopic (exact) mass is 281 g/mol. The third kappa shape index (κ3) is 2.99. The Morgan fingerprint density at radius 3 is 2.90 bits per heavy atom. The van der Waals surface area contributed by atoms with Crippen LogP contribution in [-0.2, 0) is 0 Å². The Bertz CT molecular complexity index is 654. The SMILES string of the molecule is Cc1cccc(NC(=O)N2CCCNc3ccccc32)c1. The van der Waals surface area contributed by atoms with Gasteiger partial charge in [0.05, 0.1) is 11.4 Å². The number of carbonyl (C=O) groups is 1. The topological polar surface area (TPSA) is 44.4 Å². The Kier molecular flexibility index (Phi) is 3.77. The summed E-state index contributed by atoms with van der Waals surface area (Å²) in [5, 5.41) is 6.34. The van der Waals surface area contributed by atoms with Crippen molar-refractivity contribution in [1.29, 1.82) is 0 Å². The summed E-state index contributed by atoms with van der Waals surface area (Å²) in [6.07, 6.45) is 0.927. The summed E-state index contributed by atoms with van der Waals surface area (Å²) in [6, 6.07) is 15.7. The van der Waals surface area contributed by atoms with Gasteiger partial charge in [-0.3, -0.25) is 4.90 Å². The van der Waals surface area contributed by atoms with Crippen molar-refractivity contribution < 1.29 is 4.79 Å². The van der Waals surface area contributed by atoms with Crippen molar-refractivity contribution in [3.05, 3.63) is 54.1 Å². The van der Waals surface area contributed by atoms with E-state index in [1.165, 1.54) is 0 Å². The largest absolute Gasteiger partial charge is 0.383 e. The number of aryl methyl sites for hydroxylation is 1. The van der Waals surface area contributed by atoms with Crippen LogP contribution in [0.1, 0.15) is 12.0 Å². The molecular formula is C17H19N3O. The van der Waals surface area contributed by atoms with Crippen LogP contribution >= 0.6 is 0 Å². The van der Waals surface area contributed by atoms with E-state index in [9.17, 15) is 4.79 Å². The fourth-order valence-corrected chi connectivity index (χ4v) is 2.56.